The van der Waals surface area contributed by atoms with Crippen LogP contribution in [-0.2, 0) is 14.8 Å². The summed E-state index contributed by atoms with van der Waals surface area (Å²) in [6.45, 7) is 0. The molecule has 29 heavy (non-hydrogen) atoms. The van der Waals surface area contributed by atoms with Crippen molar-refractivity contribution < 1.29 is 27.8 Å². The quantitative estimate of drug-likeness (QED) is 0.695. The first-order chi connectivity index (χ1) is 13.9. The van der Waals surface area contributed by atoms with Crippen LogP contribution < -0.4 is 14.2 Å². The summed E-state index contributed by atoms with van der Waals surface area (Å²) in [4.78, 5) is 11.5. The molecular weight excluding hydrogens is 396 g/mol. The number of rotatable bonds is 6. The van der Waals surface area contributed by atoms with Crippen LogP contribution in [-0.4, -0.2) is 31.8 Å². The molecule has 150 valence electrons. The SMILES string of the molecule is N#Cc1ccc(S(=O)(=O)NC(Oc2cccc3c2OC2CCCC32)C(=O)O)cc1. The van der Waals surface area contributed by atoms with E-state index in [9.17, 15) is 18.3 Å². The first kappa shape index (κ1) is 19.2. The van der Waals surface area contributed by atoms with Crippen molar-refractivity contribution in [2.24, 2.45) is 0 Å². The van der Waals surface area contributed by atoms with Gasteiger partial charge in [0.2, 0.25) is 10.0 Å². The molecule has 1 aliphatic carbocycles. The monoisotopic (exact) mass is 414 g/mol. The van der Waals surface area contributed by atoms with Crippen molar-refractivity contribution in [3.05, 3.63) is 53.6 Å². The van der Waals surface area contributed by atoms with Gasteiger partial charge in [0.05, 0.1) is 16.5 Å². The summed E-state index contributed by atoms with van der Waals surface area (Å²) < 4.78 is 38.6. The van der Waals surface area contributed by atoms with Crippen molar-refractivity contribution in [2.45, 2.75) is 42.4 Å². The maximum Gasteiger partial charge on any atom is 0.361 e. The van der Waals surface area contributed by atoms with Crippen LogP contribution in [0.4, 0.5) is 0 Å². The van der Waals surface area contributed by atoms with E-state index in [0.29, 0.717) is 5.75 Å². The number of hydrogen-bond donors (Lipinski definition) is 2. The Morgan fingerprint density at radius 2 is 2.00 bits per heavy atom. The number of nitrogens with one attached hydrogen (secondary N) is 1. The van der Waals surface area contributed by atoms with Gasteiger partial charge in [-0.25, -0.2) is 13.2 Å². The van der Waals surface area contributed by atoms with Crippen LogP contribution in [0.25, 0.3) is 0 Å². The molecule has 1 aliphatic heterocycles. The minimum absolute atomic E-state index is 0.0494. The van der Waals surface area contributed by atoms with Gasteiger partial charge in [-0.1, -0.05) is 12.1 Å². The number of nitriles is 1. The Bertz CT molecular complexity index is 1090. The number of aliphatic carboxylic acids is 1. The topological polar surface area (TPSA) is 126 Å². The number of para-hydroxylation sites is 1. The van der Waals surface area contributed by atoms with Gasteiger partial charge in [0.25, 0.3) is 6.23 Å². The summed E-state index contributed by atoms with van der Waals surface area (Å²) >= 11 is 0. The summed E-state index contributed by atoms with van der Waals surface area (Å²) in [5.41, 5.74) is 1.25. The lowest BCUT2D eigenvalue weighted by atomic mass is 9.97. The number of sulfonamides is 1. The van der Waals surface area contributed by atoms with Crippen LogP contribution in [0.2, 0.25) is 0 Å². The second-order valence-corrected chi connectivity index (χ2v) is 8.68. The van der Waals surface area contributed by atoms with E-state index in [1.807, 2.05) is 16.9 Å². The van der Waals surface area contributed by atoms with Crippen molar-refractivity contribution >= 4 is 16.0 Å². The number of benzene rings is 2. The van der Waals surface area contributed by atoms with Crippen LogP contribution >= 0.6 is 0 Å². The zero-order valence-corrected chi connectivity index (χ0v) is 16.1. The summed E-state index contributed by atoms with van der Waals surface area (Å²) in [5, 5.41) is 18.3. The fourth-order valence-corrected chi connectivity index (χ4v) is 4.85. The van der Waals surface area contributed by atoms with Crippen LogP contribution in [0.1, 0.15) is 36.3 Å². The van der Waals surface area contributed by atoms with E-state index in [1.54, 1.807) is 12.1 Å². The fraction of sp³-hybridized carbons (Fsp3) is 0.300. The number of fused-ring (bicyclic) bond motifs is 3. The van der Waals surface area contributed by atoms with Gasteiger partial charge in [-0.3, -0.25) is 0 Å². The van der Waals surface area contributed by atoms with Crippen LogP contribution in [0, 0.1) is 11.3 Å². The highest BCUT2D eigenvalue weighted by Crippen LogP contribution is 2.50. The molecule has 9 heteroatoms. The molecule has 0 radical (unpaired) electrons. The Kier molecular flexibility index (Phi) is 4.90. The average Bonchev–Trinajstić information content (AvgIpc) is 3.29. The van der Waals surface area contributed by atoms with Gasteiger partial charge in [0.15, 0.2) is 11.5 Å². The maximum atomic E-state index is 12.6. The highest BCUT2D eigenvalue weighted by Gasteiger charge is 2.40. The Balaban J connectivity index is 1.57. The number of carbonyl (C=O) groups is 1. The van der Waals surface area contributed by atoms with E-state index in [4.69, 9.17) is 14.7 Å². The first-order valence-corrected chi connectivity index (χ1v) is 10.6. The molecule has 0 spiro atoms. The zero-order chi connectivity index (χ0) is 20.6. The third-order valence-corrected chi connectivity index (χ3v) is 6.57. The molecule has 1 fully saturated rings. The summed E-state index contributed by atoms with van der Waals surface area (Å²) in [7, 11) is -4.18. The predicted octanol–water partition coefficient (Wildman–Crippen LogP) is 2.35. The van der Waals surface area contributed by atoms with E-state index < -0.39 is 22.2 Å². The highest BCUT2D eigenvalue weighted by atomic mass is 32.2. The normalized spacial score (nSPS) is 20.8. The number of carboxylic acid groups (broad SMARTS) is 1. The molecule has 0 amide bonds. The van der Waals surface area contributed by atoms with Gasteiger partial charge in [-0.2, -0.15) is 9.98 Å². The summed E-state index contributed by atoms with van der Waals surface area (Å²) in [6, 6.07) is 12.2. The third kappa shape index (κ3) is 3.64. The summed E-state index contributed by atoms with van der Waals surface area (Å²) in [5.74, 6) is -0.567. The first-order valence-electron chi connectivity index (χ1n) is 9.10. The average molecular weight is 414 g/mol. The van der Waals surface area contributed by atoms with Crippen LogP contribution in [0.5, 0.6) is 11.5 Å². The molecule has 1 saturated carbocycles. The second-order valence-electron chi connectivity index (χ2n) is 6.96. The van der Waals surface area contributed by atoms with Crippen LogP contribution in [0.3, 0.4) is 0 Å². The second kappa shape index (κ2) is 7.39. The predicted molar refractivity (Wildman–Crippen MR) is 101 cm³/mol. The molecule has 1 heterocycles. The van der Waals surface area contributed by atoms with Crippen molar-refractivity contribution in [3.63, 3.8) is 0 Å². The lowest BCUT2D eigenvalue weighted by Gasteiger charge is -2.18. The van der Waals surface area contributed by atoms with E-state index in [-0.39, 0.29) is 28.2 Å². The minimum atomic E-state index is -4.18. The van der Waals surface area contributed by atoms with Gasteiger partial charge in [-0.15, -0.1) is 0 Å². The number of ether oxygens (including phenoxy) is 2. The number of carboxylic acids is 1. The molecule has 3 atom stereocenters. The van der Waals surface area contributed by atoms with E-state index >= 15 is 0 Å². The minimum Gasteiger partial charge on any atom is -0.486 e. The van der Waals surface area contributed by atoms with Crippen molar-refractivity contribution in [1.82, 2.24) is 4.72 Å². The van der Waals surface area contributed by atoms with Gasteiger partial charge in [0.1, 0.15) is 6.10 Å². The number of nitrogens with zero attached hydrogens (tertiary/aromatic N) is 1. The smallest absolute Gasteiger partial charge is 0.361 e. The number of hydrogen-bond acceptors (Lipinski definition) is 6. The molecular formula is C20H18N2O6S. The molecule has 2 aliphatic rings. The van der Waals surface area contributed by atoms with Gasteiger partial charge in [0, 0.05) is 11.5 Å². The molecule has 2 aromatic rings. The van der Waals surface area contributed by atoms with E-state index in [0.717, 1.165) is 24.8 Å². The van der Waals surface area contributed by atoms with Gasteiger partial charge < -0.3 is 14.6 Å². The standard InChI is InChI=1S/C20H18N2O6S/c21-11-12-7-9-13(10-8-12)29(25,26)22-19(20(23)24)28-17-6-2-4-15-14-3-1-5-16(14)27-18(15)17/h2,4,6-10,14,16,19,22H,1,3,5H2,(H,23,24). The van der Waals surface area contributed by atoms with Crippen molar-refractivity contribution in [2.75, 3.05) is 0 Å². The maximum absolute atomic E-state index is 12.6. The van der Waals surface area contributed by atoms with E-state index in [1.165, 1.54) is 24.3 Å². The molecule has 3 unspecified atom stereocenters. The molecule has 2 aromatic carbocycles. The lowest BCUT2D eigenvalue weighted by molar-refractivity contribution is -0.145. The molecule has 4 rings (SSSR count). The van der Waals surface area contributed by atoms with Crippen LogP contribution in [0.15, 0.2) is 47.4 Å². The molecule has 0 bridgehead atoms. The Hall–Kier alpha value is -3.09. The highest BCUT2D eigenvalue weighted by molar-refractivity contribution is 7.89. The zero-order valence-electron chi connectivity index (χ0n) is 15.2. The summed E-state index contributed by atoms with van der Waals surface area (Å²) in [6.07, 6.45) is 1.20. The fourth-order valence-electron chi connectivity index (χ4n) is 3.79. The Labute approximate surface area is 167 Å². The van der Waals surface area contributed by atoms with Crippen molar-refractivity contribution in [3.8, 4) is 17.6 Å². The molecule has 0 aromatic heterocycles. The van der Waals surface area contributed by atoms with Crippen molar-refractivity contribution in [1.29, 1.82) is 5.26 Å². The van der Waals surface area contributed by atoms with Gasteiger partial charge >= 0.3 is 5.97 Å². The largest absolute Gasteiger partial charge is 0.486 e. The molecule has 8 nitrogen and oxygen atoms in total. The molecule has 2 N–H and O–H groups in total. The lowest BCUT2D eigenvalue weighted by Crippen LogP contribution is -2.44. The molecule has 0 saturated heterocycles. The Morgan fingerprint density at radius 1 is 1.24 bits per heavy atom. The third-order valence-electron chi connectivity index (χ3n) is 5.16. The van der Waals surface area contributed by atoms with Gasteiger partial charge in [-0.05, 0) is 49.6 Å². The van der Waals surface area contributed by atoms with E-state index in [2.05, 4.69) is 0 Å². The Morgan fingerprint density at radius 3 is 2.69 bits per heavy atom.